The molecule has 0 saturated carbocycles. The molecule has 0 aliphatic heterocycles. The topological polar surface area (TPSA) is 34.8 Å². The van der Waals surface area contributed by atoms with E-state index < -0.39 is 0 Å². The average Bonchev–Trinajstić information content (AvgIpc) is 3.06. The Morgan fingerprint density at radius 3 is 1.54 bits per heavy atom. The van der Waals surface area contributed by atoms with Gasteiger partial charge in [-0.05, 0) is 67.6 Å². The van der Waals surface area contributed by atoms with Gasteiger partial charge in [-0.1, -0.05) is 12.1 Å². The Morgan fingerprint density at radius 2 is 1.21 bits per heavy atom. The van der Waals surface area contributed by atoms with Gasteiger partial charge in [-0.2, -0.15) is 0 Å². The molecule has 126 valence electrons. The van der Waals surface area contributed by atoms with Crippen LogP contribution >= 0.6 is 0 Å². The zero-order valence-corrected chi connectivity index (χ0v) is 15.5. The van der Waals surface area contributed by atoms with Gasteiger partial charge in [0.15, 0.2) is 0 Å². The van der Waals surface area contributed by atoms with Crippen LogP contribution in [0.15, 0.2) is 36.7 Å². The van der Waals surface area contributed by atoms with E-state index in [1.54, 1.807) is 0 Å². The number of aryl methyl sites for hydroxylation is 2. The molecule has 0 radical (unpaired) electrons. The van der Waals surface area contributed by atoms with Crippen LogP contribution in [0.1, 0.15) is 45.1 Å². The van der Waals surface area contributed by atoms with Crippen LogP contribution in [0.4, 0.5) is 5.69 Å². The Bertz CT molecular complexity index is 788. The largest absolute Gasteiger partial charge is 0.378 e. The molecule has 0 amide bonds. The van der Waals surface area contributed by atoms with E-state index in [1.807, 2.05) is 0 Å². The first kappa shape index (κ1) is 16.4. The summed E-state index contributed by atoms with van der Waals surface area (Å²) >= 11 is 0. The van der Waals surface area contributed by atoms with Crippen LogP contribution in [-0.2, 0) is 0 Å². The second-order valence-electron chi connectivity index (χ2n) is 6.94. The van der Waals surface area contributed by atoms with E-state index in [4.69, 9.17) is 0 Å². The number of hydrogen-bond donors (Lipinski definition) is 2. The van der Waals surface area contributed by atoms with E-state index in [0.717, 1.165) is 0 Å². The van der Waals surface area contributed by atoms with Gasteiger partial charge in [-0.3, -0.25) is 0 Å². The van der Waals surface area contributed by atoms with Crippen LogP contribution in [-0.4, -0.2) is 24.1 Å². The van der Waals surface area contributed by atoms with E-state index in [2.05, 4.69) is 93.3 Å². The first-order valence-electron chi connectivity index (χ1n) is 8.46. The standard InChI is InChI=1S/C21H27N3/c1-13-11-22-20(15(13)3)19(21-16(4)14(2)12-23-21)17-7-9-18(10-8-17)24(5)6/h7-12,19,22-23H,1-6H3. The summed E-state index contributed by atoms with van der Waals surface area (Å²) in [6, 6.07) is 8.87. The van der Waals surface area contributed by atoms with Gasteiger partial charge in [0.25, 0.3) is 0 Å². The molecule has 0 saturated heterocycles. The summed E-state index contributed by atoms with van der Waals surface area (Å²) in [4.78, 5) is 9.16. The number of benzene rings is 1. The highest BCUT2D eigenvalue weighted by atomic mass is 15.1. The molecule has 2 N–H and O–H groups in total. The Kier molecular flexibility index (Phi) is 4.27. The summed E-state index contributed by atoms with van der Waals surface area (Å²) in [5.74, 6) is 0.198. The first-order chi connectivity index (χ1) is 11.4. The SMILES string of the molecule is Cc1c[nH]c(C(c2ccc(N(C)C)cc2)c2[nH]cc(C)c2C)c1C. The fourth-order valence-electron chi connectivity index (χ4n) is 3.27. The molecule has 2 heterocycles. The van der Waals surface area contributed by atoms with Crippen molar-refractivity contribution in [2.75, 3.05) is 19.0 Å². The lowest BCUT2D eigenvalue weighted by Crippen LogP contribution is -2.10. The molecule has 0 spiro atoms. The maximum absolute atomic E-state index is 3.51. The van der Waals surface area contributed by atoms with Crippen LogP contribution in [0.25, 0.3) is 0 Å². The second-order valence-corrected chi connectivity index (χ2v) is 6.94. The van der Waals surface area contributed by atoms with Crippen molar-refractivity contribution in [1.29, 1.82) is 0 Å². The van der Waals surface area contributed by atoms with E-state index in [0.29, 0.717) is 0 Å². The molecule has 0 aliphatic carbocycles. The second kappa shape index (κ2) is 6.23. The number of hydrogen-bond acceptors (Lipinski definition) is 1. The molecule has 0 atom stereocenters. The number of nitrogens with one attached hydrogen (secondary N) is 2. The average molecular weight is 321 g/mol. The highest BCUT2D eigenvalue weighted by molar-refractivity contribution is 5.52. The summed E-state index contributed by atoms with van der Waals surface area (Å²) < 4.78 is 0. The Labute approximate surface area is 144 Å². The third-order valence-electron chi connectivity index (χ3n) is 5.20. The molecule has 3 nitrogen and oxygen atoms in total. The molecule has 2 aromatic heterocycles. The summed E-state index contributed by atoms with van der Waals surface area (Å²) in [7, 11) is 4.15. The van der Waals surface area contributed by atoms with Gasteiger partial charge in [0, 0.05) is 43.6 Å². The molecule has 0 fully saturated rings. The zero-order chi connectivity index (χ0) is 17.4. The number of anilines is 1. The maximum atomic E-state index is 3.51. The lowest BCUT2D eigenvalue weighted by Gasteiger charge is -2.20. The zero-order valence-electron chi connectivity index (χ0n) is 15.5. The number of nitrogens with zero attached hydrogens (tertiary/aromatic N) is 1. The van der Waals surface area contributed by atoms with Crippen LogP contribution in [0.3, 0.4) is 0 Å². The summed E-state index contributed by atoms with van der Waals surface area (Å²) in [6.07, 6.45) is 4.22. The van der Waals surface area contributed by atoms with Gasteiger partial charge in [-0.25, -0.2) is 0 Å². The molecular formula is C21H27N3. The molecular weight excluding hydrogens is 294 g/mol. The molecule has 0 unspecified atom stereocenters. The number of rotatable bonds is 4. The van der Waals surface area contributed by atoms with Crippen molar-refractivity contribution in [1.82, 2.24) is 9.97 Å². The fourth-order valence-corrected chi connectivity index (χ4v) is 3.27. The predicted octanol–water partition coefficient (Wildman–Crippen LogP) is 4.82. The minimum Gasteiger partial charge on any atom is -0.378 e. The predicted molar refractivity (Wildman–Crippen MR) is 102 cm³/mol. The van der Waals surface area contributed by atoms with Crippen LogP contribution in [0, 0.1) is 27.7 Å². The Balaban J connectivity index is 2.15. The normalized spacial score (nSPS) is 11.3. The lowest BCUT2D eigenvalue weighted by molar-refractivity contribution is 0.877. The number of aromatic amines is 2. The smallest absolute Gasteiger partial charge is 0.0647 e. The number of aromatic nitrogens is 2. The van der Waals surface area contributed by atoms with Crippen molar-refractivity contribution in [3.8, 4) is 0 Å². The van der Waals surface area contributed by atoms with Crippen molar-refractivity contribution in [2.24, 2.45) is 0 Å². The lowest BCUT2D eigenvalue weighted by atomic mass is 9.88. The van der Waals surface area contributed by atoms with Gasteiger partial charge in [0.05, 0.1) is 5.92 Å². The van der Waals surface area contributed by atoms with Crippen molar-refractivity contribution < 1.29 is 0 Å². The van der Waals surface area contributed by atoms with Crippen molar-refractivity contribution in [3.05, 3.63) is 75.9 Å². The minimum absolute atomic E-state index is 0.198. The van der Waals surface area contributed by atoms with E-state index in [1.165, 1.54) is 44.9 Å². The van der Waals surface area contributed by atoms with E-state index in [9.17, 15) is 0 Å². The monoisotopic (exact) mass is 321 g/mol. The van der Waals surface area contributed by atoms with Gasteiger partial charge < -0.3 is 14.9 Å². The molecule has 24 heavy (non-hydrogen) atoms. The fraction of sp³-hybridized carbons (Fsp3) is 0.333. The highest BCUT2D eigenvalue weighted by Crippen LogP contribution is 2.36. The minimum atomic E-state index is 0.198. The molecule has 3 aromatic rings. The first-order valence-corrected chi connectivity index (χ1v) is 8.46. The molecule has 3 rings (SSSR count). The molecule has 1 aromatic carbocycles. The highest BCUT2D eigenvalue weighted by Gasteiger charge is 2.24. The van der Waals surface area contributed by atoms with Crippen LogP contribution in [0.2, 0.25) is 0 Å². The summed E-state index contributed by atoms with van der Waals surface area (Å²) in [5.41, 5.74) is 10.4. The van der Waals surface area contributed by atoms with Crippen LogP contribution < -0.4 is 4.90 Å². The third kappa shape index (κ3) is 2.75. The third-order valence-corrected chi connectivity index (χ3v) is 5.20. The van der Waals surface area contributed by atoms with E-state index in [-0.39, 0.29) is 5.92 Å². The van der Waals surface area contributed by atoms with Crippen molar-refractivity contribution in [2.45, 2.75) is 33.6 Å². The number of H-pyrrole nitrogens is 2. The molecule has 3 heteroatoms. The van der Waals surface area contributed by atoms with Gasteiger partial charge >= 0.3 is 0 Å². The Hall–Kier alpha value is -2.42. The Morgan fingerprint density at radius 1 is 0.750 bits per heavy atom. The van der Waals surface area contributed by atoms with Crippen molar-refractivity contribution in [3.63, 3.8) is 0 Å². The molecule has 0 bridgehead atoms. The summed E-state index contributed by atoms with van der Waals surface area (Å²) in [6.45, 7) is 8.73. The van der Waals surface area contributed by atoms with Gasteiger partial charge in [0.2, 0.25) is 0 Å². The van der Waals surface area contributed by atoms with Crippen molar-refractivity contribution >= 4 is 5.69 Å². The van der Waals surface area contributed by atoms with E-state index >= 15 is 0 Å². The maximum Gasteiger partial charge on any atom is 0.0647 e. The van der Waals surface area contributed by atoms with Gasteiger partial charge in [-0.15, -0.1) is 0 Å². The quantitative estimate of drug-likeness (QED) is 0.709. The van der Waals surface area contributed by atoms with Crippen LogP contribution in [0.5, 0.6) is 0 Å². The molecule has 0 aliphatic rings. The summed E-state index contributed by atoms with van der Waals surface area (Å²) in [5, 5.41) is 0. The van der Waals surface area contributed by atoms with Gasteiger partial charge in [0.1, 0.15) is 0 Å².